The molecule has 1 aromatic heterocycles. The molecule has 2 aromatic rings. The number of hydrogen-bond acceptors (Lipinski definition) is 3. The summed E-state index contributed by atoms with van der Waals surface area (Å²) in [5.74, 6) is -1.07. The summed E-state index contributed by atoms with van der Waals surface area (Å²) < 4.78 is 15.3. The van der Waals surface area contributed by atoms with E-state index in [1.807, 2.05) is 0 Å². The highest BCUT2D eigenvalue weighted by molar-refractivity contribution is 6.34. The van der Waals surface area contributed by atoms with Crippen molar-refractivity contribution in [1.82, 2.24) is 20.3 Å². The van der Waals surface area contributed by atoms with Gasteiger partial charge < -0.3 is 5.32 Å². The molecular weight excluding hydrogens is 306 g/mol. The van der Waals surface area contributed by atoms with Crippen LogP contribution in [0, 0.1) is 5.82 Å². The molecule has 8 heteroatoms. The highest BCUT2D eigenvalue weighted by Gasteiger charge is 2.19. The molecule has 20 heavy (non-hydrogen) atoms. The Labute approximate surface area is 124 Å². The van der Waals surface area contributed by atoms with Crippen molar-refractivity contribution in [3.8, 4) is 0 Å². The van der Waals surface area contributed by atoms with Gasteiger partial charge in [-0.15, -0.1) is 5.10 Å². The molecule has 0 fully saturated rings. The summed E-state index contributed by atoms with van der Waals surface area (Å²) in [6.45, 7) is 1.62. The van der Waals surface area contributed by atoms with E-state index < -0.39 is 17.8 Å². The third-order valence-corrected chi connectivity index (χ3v) is 3.16. The van der Waals surface area contributed by atoms with Crippen LogP contribution in [-0.2, 0) is 7.05 Å². The second kappa shape index (κ2) is 5.76. The Balaban J connectivity index is 2.20. The molecule has 2 rings (SSSR count). The van der Waals surface area contributed by atoms with Crippen LogP contribution in [0.3, 0.4) is 0 Å². The van der Waals surface area contributed by atoms with Gasteiger partial charge in [0.05, 0.1) is 17.3 Å². The van der Waals surface area contributed by atoms with E-state index in [0.717, 1.165) is 0 Å². The first-order chi connectivity index (χ1) is 9.38. The van der Waals surface area contributed by atoms with Crippen LogP contribution in [0.15, 0.2) is 18.3 Å². The van der Waals surface area contributed by atoms with Gasteiger partial charge in [-0.1, -0.05) is 28.4 Å². The van der Waals surface area contributed by atoms with Crippen molar-refractivity contribution < 1.29 is 9.18 Å². The zero-order chi connectivity index (χ0) is 14.9. The third-order valence-electron chi connectivity index (χ3n) is 2.67. The molecule has 1 heterocycles. The van der Waals surface area contributed by atoms with Gasteiger partial charge in [0, 0.05) is 17.6 Å². The Bertz CT molecular complexity index is 659. The normalized spacial score (nSPS) is 12.2. The largest absolute Gasteiger partial charge is 0.344 e. The molecule has 1 aromatic carbocycles. The predicted octanol–water partition coefficient (Wildman–Crippen LogP) is 2.75. The number of amides is 1. The summed E-state index contributed by atoms with van der Waals surface area (Å²) in [4.78, 5) is 11.9. The molecule has 1 atom stereocenters. The van der Waals surface area contributed by atoms with Gasteiger partial charge in [0.25, 0.3) is 5.91 Å². The van der Waals surface area contributed by atoms with Crippen LogP contribution < -0.4 is 5.32 Å². The quantitative estimate of drug-likeness (QED) is 0.886. The number of benzene rings is 1. The summed E-state index contributed by atoms with van der Waals surface area (Å²) in [6, 6.07) is 2.12. The van der Waals surface area contributed by atoms with Crippen molar-refractivity contribution in [2.75, 3.05) is 0 Å². The third kappa shape index (κ3) is 3.08. The van der Waals surface area contributed by atoms with E-state index in [1.165, 1.54) is 23.0 Å². The Morgan fingerprint density at radius 3 is 2.75 bits per heavy atom. The van der Waals surface area contributed by atoms with Gasteiger partial charge in [0.15, 0.2) is 5.69 Å². The molecule has 0 saturated carbocycles. The van der Waals surface area contributed by atoms with Crippen molar-refractivity contribution in [3.63, 3.8) is 0 Å². The average Bonchev–Trinajstić information content (AvgIpc) is 2.80. The topological polar surface area (TPSA) is 59.8 Å². The zero-order valence-corrected chi connectivity index (χ0v) is 12.2. The minimum atomic E-state index is -0.610. The summed E-state index contributed by atoms with van der Waals surface area (Å²) in [6.07, 6.45) is 1.46. The van der Waals surface area contributed by atoms with Crippen molar-refractivity contribution >= 4 is 29.1 Å². The van der Waals surface area contributed by atoms with E-state index in [2.05, 4.69) is 15.6 Å². The summed E-state index contributed by atoms with van der Waals surface area (Å²) in [7, 11) is 1.64. The Hall–Kier alpha value is -1.66. The van der Waals surface area contributed by atoms with Gasteiger partial charge in [-0.25, -0.2) is 4.39 Å². The number of carbonyl (C=O) groups is 1. The van der Waals surface area contributed by atoms with Crippen LogP contribution in [0.1, 0.15) is 29.0 Å². The van der Waals surface area contributed by atoms with E-state index in [1.54, 1.807) is 14.0 Å². The van der Waals surface area contributed by atoms with E-state index >= 15 is 0 Å². The van der Waals surface area contributed by atoms with Crippen LogP contribution in [0.4, 0.5) is 4.39 Å². The molecule has 0 spiro atoms. The Morgan fingerprint density at radius 1 is 1.45 bits per heavy atom. The molecule has 0 saturated heterocycles. The lowest BCUT2D eigenvalue weighted by atomic mass is 10.1. The second-order valence-corrected chi connectivity index (χ2v) is 5.11. The molecule has 5 nitrogen and oxygen atoms in total. The SMILES string of the molecule is CC(NC(=O)c1cn(C)nn1)c1cc(Cl)cc(Cl)c1F. The van der Waals surface area contributed by atoms with E-state index in [9.17, 15) is 9.18 Å². The molecule has 1 unspecified atom stereocenters. The summed E-state index contributed by atoms with van der Waals surface area (Å²) >= 11 is 11.6. The highest BCUT2D eigenvalue weighted by atomic mass is 35.5. The maximum absolute atomic E-state index is 13.9. The Morgan fingerprint density at radius 2 is 2.15 bits per heavy atom. The van der Waals surface area contributed by atoms with Gasteiger partial charge in [0.2, 0.25) is 0 Å². The molecular formula is C12H11Cl2FN4O. The fraction of sp³-hybridized carbons (Fsp3) is 0.250. The number of aryl methyl sites for hydroxylation is 1. The Kier molecular flexibility index (Phi) is 4.25. The predicted molar refractivity (Wildman–Crippen MR) is 73.3 cm³/mol. The number of hydrogen-bond donors (Lipinski definition) is 1. The number of nitrogens with zero attached hydrogens (tertiary/aromatic N) is 3. The van der Waals surface area contributed by atoms with Crippen molar-refractivity contribution in [2.24, 2.45) is 7.05 Å². The fourth-order valence-electron chi connectivity index (χ4n) is 1.69. The van der Waals surface area contributed by atoms with Gasteiger partial charge in [-0.3, -0.25) is 9.48 Å². The van der Waals surface area contributed by atoms with Crippen LogP contribution in [0.2, 0.25) is 10.0 Å². The van der Waals surface area contributed by atoms with Crippen LogP contribution in [0.25, 0.3) is 0 Å². The maximum atomic E-state index is 13.9. The standard InChI is InChI=1S/C12H11Cl2FN4O/c1-6(8-3-7(13)4-9(14)11(8)15)16-12(20)10-5-19(2)18-17-10/h3-6H,1-2H3,(H,16,20). The first kappa shape index (κ1) is 14.7. The molecule has 0 aliphatic carbocycles. The van der Waals surface area contributed by atoms with Crippen molar-refractivity contribution in [3.05, 3.63) is 45.4 Å². The number of halogens is 3. The molecule has 0 aliphatic rings. The molecule has 0 bridgehead atoms. The zero-order valence-electron chi connectivity index (χ0n) is 10.7. The fourth-order valence-corrected chi connectivity index (χ4v) is 2.20. The van der Waals surface area contributed by atoms with E-state index in [4.69, 9.17) is 23.2 Å². The highest BCUT2D eigenvalue weighted by Crippen LogP contribution is 2.27. The van der Waals surface area contributed by atoms with Crippen LogP contribution >= 0.6 is 23.2 Å². The van der Waals surface area contributed by atoms with Crippen LogP contribution in [0.5, 0.6) is 0 Å². The monoisotopic (exact) mass is 316 g/mol. The lowest BCUT2D eigenvalue weighted by Gasteiger charge is -2.15. The lowest BCUT2D eigenvalue weighted by molar-refractivity contribution is 0.0934. The second-order valence-electron chi connectivity index (χ2n) is 4.26. The minimum Gasteiger partial charge on any atom is -0.344 e. The average molecular weight is 317 g/mol. The molecule has 1 N–H and O–H groups in total. The molecule has 0 aliphatic heterocycles. The minimum absolute atomic E-state index is 0.0897. The van der Waals surface area contributed by atoms with Gasteiger partial charge in [-0.2, -0.15) is 0 Å². The number of carbonyl (C=O) groups excluding carboxylic acids is 1. The summed E-state index contributed by atoms with van der Waals surface area (Å²) in [5.41, 5.74) is 0.354. The van der Waals surface area contributed by atoms with E-state index in [0.29, 0.717) is 5.02 Å². The van der Waals surface area contributed by atoms with Gasteiger partial charge in [-0.05, 0) is 19.1 Å². The summed E-state index contributed by atoms with van der Waals surface area (Å²) in [5, 5.41) is 10.1. The molecule has 1 amide bonds. The first-order valence-electron chi connectivity index (χ1n) is 5.70. The van der Waals surface area contributed by atoms with Gasteiger partial charge >= 0.3 is 0 Å². The lowest BCUT2D eigenvalue weighted by Crippen LogP contribution is -2.27. The van der Waals surface area contributed by atoms with E-state index in [-0.39, 0.29) is 16.3 Å². The number of nitrogens with one attached hydrogen (secondary N) is 1. The molecule has 106 valence electrons. The van der Waals surface area contributed by atoms with Crippen molar-refractivity contribution in [2.45, 2.75) is 13.0 Å². The smallest absolute Gasteiger partial charge is 0.273 e. The molecule has 0 radical (unpaired) electrons. The van der Waals surface area contributed by atoms with Gasteiger partial charge in [0.1, 0.15) is 5.82 Å². The number of aromatic nitrogens is 3. The van der Waals surface area contributed by atoms with Crippen LogP contribution in [-0.4, -0.2) is 20.9 Å². The van der Waals surface area contributed by atoms with Crippen molar-refractivity contribution in [1.29, 1.82) is 0 Å². The number of rotatable bonds is 3. The maximum Gasteiger partial charge on any atom is 0.273 e. The first-order valence-corrected chi connectivity index (χ1v) is 6.45.